The molecule has 0 spiro atoms. The summed E-state index contributed by atoms with van der Waals surface area (Å²) >= 11 is 5.72. The van der Waals surface area contributed by atoms with E-state index in [1.165, 1.54) is 30.5 Å². The number of rotatable bonds is 6. The number of carbonyl (C=O) groups excluding carboxylic acids is 2. The molecule has 3 N–H and O–H groups in total. The highest BCUT2D eigenvalue weighted by molar-refractivity contribution is 6.29. The molecule has 0 unspecified atom stereocenters. The summed E-state index contributed by atoms with van der Waals surface area (Å²) < 4.78 is 6.50. The third kappa shape index (κ3) is 4.92. The monoisotopic (exact) mass is 399 g/mol. The molecule has 0 saturated carbocycles. The van der Waals surface area contributed by atoms with E-state index in [1.54, 1.807) is 24.3 Å². The average Bonchev–Trinajstić information content (AvgIpc) is 2.66. The number of hydrogen-bond acceptors (Lipinski definition) is 6. The number of halogens is 1. The molecule has 0 saturated heterocycles. The van der Waals surface area contributed by atoms with Gasteiger partial charge in [0.25, 0.3) is 5.56 Å². The summed E-state index contributed by atoms with van der Waals surface area (Å²) in [6, 6.07) is 12.0. The van der Waals surface area contributed by atoms with Crippen LogP contribution in [0.3, 0.4) is 0 Å². The first-order valence-corrected chi connectivity index (χ1v) is 8.36. The number of hydrogen-bond donors (Lipinski definition) is 2. The molecule has 3 aromatic rings. The van der Waals surface area contributed by atoms with Crippen LogP contribution in [0.1, 0.15) is 10.4 Å². The van der Waals surface area contributed by atoms with Gasteiger partial charge in [-0.05, 0) is 30.3 Å². The molecule has 10 heteroatoms. The molecular weight excluding hydrogens is 386 g/mol. The number of nitrogens with zero attached hydrogens (tertiary/aromatic N) is 3. The third-order valence-corrected chi connectivity index (χ3v) is 3.69. The summed E-state index contributed by atoms with van der Waals surface area (Å²) in [6.07, 6.45) is 1.39. The molecule has 0 aliphatic heterocycles. The van der Waals surface area contributed by atoms with Gasteiger partial charge in [-0.1, -0.05) is 17.7 Å². The van der Waals surface area contributed by atoms with E-state index in [9.17, 15) is 14.4 Å². The number of carbonyl (C=O) groups is 2. The van der Waals surface area contributed by atoms with Gasteiger partial charge >= 0.3 is 0 Å². The lowest BCUT2D eigenvalue weighted by molar-refractivity contribution is -0.117. The first kappa shape index (κ1) is 19.1. The predicted octanol–water partition coefficient (Wildman–Crippen LogP) is 1.82. The Morgan fingerprint density at radius 1 is 1.18 bits per heavy atom. The number of benzene rings is 1. The van der Waals surface area contributed by atoms with E-state index in [0.29, 0.717) is 17.0 Å². The van der Waals surface area contributed by atoms with Crippen molar-refractivity contribution in [2.24, 2.45) is 5.73 Å². The molecule has 2 heterocycles. The molecule has 3 rings (SSSR count). The zero-order valence-corrected chi connectivity index (χ0v) is 15.1. The van der Waals surface area contributed by atoms with Crippen molar-refractivity contribution in [3.8, 4) is 11.6 Å². The fourth-order valence-electron chi connectivity index (χ4n) is 2.22. The van der Waals surface area contributed by atoms with Crippen molar-refractivity contribution in [2.75, 3.05) is 5.32 Å². The highest BCUT2D eigenvalue weighted by Gasteiger charge is 2.08. The van der Waals surface area contributed by atoms with E-state index >= 15 is 0 Å². The Hall–Kier alpha value is -3.72. The standard InChI is InChI=1S/C18H14ClN5O4/c19-14-5-7-17(26)24(23-14)10-15(25)22-12-4-6-16(21-9-12)28-13-3-1-2-11(8-13)18(20)27/h1-9H,10H2,(H2,20,27)(H,22,25). The predicted molar refractivity (Wildman–Crippen MR) is 101 cm³/mol. The third-order valence-electron chi connectivity index (χ3n) is 3.49. The number of pyridine rings is 1. The van der Waals surface area contributed by atoms with E-state index in [0.717, 1.165) is 4.68 Å². The van der Waals surface area contributed by atoms with Gasteiger partial charge in [-0.15, -0.1) is 0 Å². The molecule has 0 bridgehead atoms. The summed E-state index contributed by atoms with van der Waals surface area (Å²) in [7, 11) is 0. The second-order valence-electron chi connectivity index (χ2n) is 5.58. The fourth-order valence-corrected chi connectivity index (χ4v) is 2.38. The van der Waals surface area contributed by atoms with Crippen LogP contribution in [-0.2, 0) is 11.3 Å². The minimum Gasteiger partial charge on any atom is -0.439 e. The van der Waals surface area contributed by atoms with Crippen molar-refractivity contribution < 1.29 is 14.3 Å². The zero-order chi connectivity index (χ0) is 20.1. The molecule has 9 nitrogen and oxygen atoms in total. The number of nitrogens with one attached hydrogen (secondary N) is 1. The summed E-state index contributed by atoms with van der Waals surface area (Å²) in [5.41, 5.74) is 5.50. The summed E-state index contributed by atoms with van der Waals surface area (Å²) in [4.78, 5) is 39.0. The maximum Gasteiger partial charge on any atom is 0.267 e. The van der Waals surface area contributed by atoms with Crippen LogP contribution in [0.4, 0.5) is 5.69 Å². The number of primary amides is 1. The van der Waals surface area contributed by atoms with Crippen molar-refractivity contribution in [1.29, 1.82) is 0 Å². The molecule has 0 fully saturated rings. The van der Waals surface area contributed by atoms with Gasteiger partial charge < -0.3 is 15.8 Å². The van der Waals surface area contributed by atoms with Crippen molar-refractivity contribution in [3.05, 3.63) is 75.8 Å². The largest absolute Gasteiger partial charge is 0.439 e. The number of nitrogens with two attached hydrogens (primary N) is 1. The molecule has 142 valence electrons. The van der Waals surface area contributed by atoms with Gasteiger partial charge in [0, 0.05) is 17.7 Å². The molecule has 0 aliphatic carbocycles. The Balaban J connectivity index is 1.63. The maximum atomic E-state index is 12.1. The second kappa shape index (κ2) is 8.31. The first-order chi connectivity index (χ1) is 13.4. The number of amides is 2. The first-order valence-electron chi connectivity index (χ1n) is 7.98. The van der Waals surface area contributed by atoms with Crippen molar-refractivity contribution in [2.45, 2.75) is 6.54 Å². The van der Waals surface area contributed by atoms with Gasteiger partial charge in [0.1, 0.15) is 17.4 Å². The van der Waals surface area contributed by atoms with Gasteiger partial charge in [0.15, 0.2) is 0 Å². The second-order valence-corrected chi connectivity index (χ2v) is 5.97. The zero-order valence-electron chi connectivity index (χ0n) is 14.3. The smallest absolute Gasteiger partial charge is 0.267 e. The number of aromatic nitrogens is 3. The maximum absolute atomic E-state index is 12.1. The van der Waals surface area contributed by atoms with Gasteiger partial charge in [-0.3, -0.25) is 14.4 Å². The van der Waals surface area contributed by atoms with Crippen molar-refractivity contribution in [1.82, 2.24) is 14.8 Å². The highest BCUT2D eigenvalue weighted by atomic mass is 35.5. The van der Waals surface area contributed by atoms with Crippen LogP contribution >= 0.6 is 11.6 Å². The van der Waals surface area contributed by atoms with Gasteiger partial charge in [-0.25, -0.2) is 9.67 Å². The Bertz CT molecular complexity index is 1080. The topological polar surface area (TPSA) is 129 Å². The van der Waals surface area contributed by atoms with Crippen LogP contribution in [0.2, 0.25) is 5.15 Å². The number of ether oxygens (including phenoxy) is 1. The van der Waals surface area contributed by atoms with E-state index in [4.69, 9.17) is 22.1 Å². The quantitative estimate of drug-likeness (QED) is 0.650. The number of anilines is 1. The Labute approximate surface area is 163 Å². The molecule has 28 heavy (non-hydrogen) atoms. The molecule has 0 radical (unpaired) electrons. The minimum atomic E-state index is -0.565. The van der Waals surface area contributed by atoms with E-state index in [-0.39, 0.29) is 17.6 Å². The lowest BCUT2D eigenvalue weighted by Crippen LogP contribution is -2.29. The SMILES string of the molecule is NC(=O)c1cccc(Oc2ccc(NC(=O)Cn3nc(Cl)ccc3=O)cn2)c1. The summed E-state index contributed by atoms with van der Waals surface area (Å²) in [5, 5.41) is 6.47. The molecule has 2 aromatic heterocycles. The summed E-state index contributed by atoms with van der Waals surface area (Å²) in [6.45, 7) is -0.294. The van der Waals surface area contributed by atoms with Gasteiger partial charge in [-0.2, -0.15) is 5.10 Å². The molecule has 0 aliphatic rings. The van der Waals surface area contributed by atoms with Crippen LogP contribution in [0.25, 0.3) is 0 Å². The van der Waals surface area contributed by atoms with Crippen LogP contribution in [0.15, 0.2) is 59.5 Å². The van der Waals surface area contributed by atoms with Gasteiger partial charge in [0.05, 0.1) is 11.9 Å². The van der Waals surface area contributed by atoms with Crippen LogP contribution < -0.4 is 21.3 Å². The summed E-state index contributed by atoms with van der Waals surface area (Å²) in [5.74, 6) is -0.384. The van der Waals surface area contributed by atoms with Crippen molar-refractivity contribution in [3.63, 3.8) is 0 Å². The Morgan fingerprint density at radius 2 is 2.00 bits per heavy atom. The van der Waals surface area contributed by atoms with Gasteiger partial charge in [0.2, 0.25) is 17.7 Å². The normalized spacial score (nSPS) is 10.3. The van der Waals surface area contributed by atoms with E-state index in [2.05, 4.69) is 15.4 Å². The highest BCUT2D eigenvalue weighted by Crippen LogP contribution is 2.21. The average molecular weight is 400 g/mol. The van der Waals surface area contributed by atoms with Crippen molar-refractivity contribution >= 4 is 29.1 Å². The minimum absolute atomic E-state index is 0.107. The molecule has 2 amide bonds. The molecule has 1 aromatic carbocycles. The Kier molecular flexibility index (Phi) is 5.66. The van der Waals surface area contributed by atoms with Crippen LogP contribution in [0.5, 0.6) is 11.6 Å². The lowest BCUT2D eigenvalue weighted by Gasteiger charge is -2.08. The van der Waals surface area contributed by atoms with Crippen LogP contribution in [0, 0.1) is 0 Å². The molecule has 0 atom stereocenters. The lowest BCUT2D eigenvalue weighted by atomic mass is 10.2. The van der Waals surface area contributed by atoms with E-state index in [1.807, 2.05) is 0 Å². The fraction of sp³-hybridized carbons (Fsp3) is 0.0556. The Morgan fingerprint density at radius 3 is 2.71 bits per heavy atom. The van der Waals surface area contributed by atoms with E-state index < -0.39 is 17.4 Å². The van der Waals surface area contributed by atoms with Crippen LogP contribution in [-0.4, -0.2) is 26.6 Å². The molecular formula is C18H14ClN5O4.